The lowest BCUT2D eigenvalue weighted by atomic mass is 9.83. The summed E-state index contributed by atoms with van der Waals surface area (Å²) >= 11 is 1.28. The number of thiazole rings is 1. The van der Waals surface area contributed by atoms with Crippen molar-refractivity contribution in [2.75, 3.05) is 20.2 Å². The zero-order chi connectivity index (χ0) is 44.0. The van der Waals surface area contributed by atoms with Crippen molar-refractivity contribution < 1.29 is 33.5 Å². The summed E-state index contributed by atoms with van der Waals surface area (Å²) in [4.78, 5) is 94.6. The SMILES string of the molecule is COC(=O)C[C@@H](NC(=O)[C@@H](NC(=O)[C@@H](/N=C1\NCC(=O)N2CCC(C)(C)[C@H]2C(=O)N[C@@H](C(C)C)C(=O)N[C@H]1C(C)(C)C)C(C)(C)C)[C@@H](C)c1ccccc1)c1nccs1. The van der Waals surface area contributed by atoms with Gasteiger partial charge in [-0.25, -0.2) is 4.98 Å². The molecule has 2 aliphatic heterocycles. The van der Waals surface area contributed by atoms with Gasteiger partial charge in [-0.2, -0.15) is 0 Å². The van der Waals surface area contributed by atoms with E-state index in [4.69, 9.17) is 9.73 Å². The van der Waals surface area contributed by atoms with Crippen molar-refractivity contribution in [1.29, 1.82) is 0 Å². The second-order valence-corrected chi connectivity index (χ2v) is 19.7. The van der Waals surface area contributed by atoms with E-state index in [1.807, 2.05) is 106 Å². The molecule has 1 aromatic heterocycles. The fourth-order valence-electron chi connectivity index (χ4n) is 7.55. The van der Waals surface area contributed by atoms with E-state index in [9.17, 15) is 28.8 Å². The molecule has 0 saturated carbocycles. The number of carbonyl (C=O) groups is 6. The molecule has 15 nitrogen and oxygen atoms in total. The average Bonchev–Trinajstić information content (AvgIpc) is 3.81. The van der Waals surface area contributed by atoms with Gasteiger partial charge in [0.2, 0.25) is 29.5 Å². The van der Waals surface area contributed by atoms with E-state index in [1.54, 1.807) is 16.5 Å². The number of benzene rings is 1. The van der Waals surface area contributed by atoms with Crippen molar-refractivity contribution >= 4 is 52.7 Å². The van der Waals surface area contributed by atoms with Crippen LogP contribution in [-0.4, -0.2) is 102 Å². The van der Waals surface area contributed by atoms with E-state index < -0.39 is 82.1 Å². The average molecular weight is 837 g/mol. The number of esters is 1. The number of fused-ring (bicyclic) bond motifs is 1. The number of nitrogens with one attached hydrogen (secondary N) is 5. The van der Waals surface area contributed by atoms with Gasteiger partial charge in [0.25, 0.3) is 0 Å². The molecule has 3 heterocycles. The van der Waals surface area contributed by atoms with Crippen LogP contribution in [0.3, 0.4) is 0 Å². The first-order chi connectivity index (χ1) is 27.5. The summed E-state index contributed by atoms with van der Waals surface area (Å²) < 4.78 is 4.91. The second-order valence-electron chi connectivity index (χ2n) is 18.8. The van der Waals surface area contributed by atoms with Gasteiger partial charge in [0, 0.05) is 24.0 Å². The van der Waals surface area contributed by atoms with Crippen LogP contribution in [0.25, 0.3) is 0 Å². The summed E-state index contributed by atoms with van der Waals surface area (Å²) in [5.74, 6) is -3.42. The molecule has 59 heavy (non-hydrogen) atoms. The predicted molar refractivity (Wildman–Crippen MR) is 227 cm³/mol. The highest BCUT2D eigenvalue weighted by atomic mass is 32.1. The number of aliphatic imine (C=N–C) groups is 1. The smallest absolute Gasteiger partial charge is 0.308 e. The molecule has 2 fully saturated rings. The van der Waals surface area contributed by atoms with Crippen LogP contribution >= 0.6 is 11.3 Å². The number of ether oxygens (including phenoxy) is 1. The zero-order valence-corrected chi connectivity index (χ0v) is 37.4. The topological polar surface area (TPSA) is 200 Å². The number of methoxy groups -OCH3 is 1. The Morgan fingerprint density at radius 3 is 2.20 bits per heavy atom. The maximum absolute atomic E-state index is 14.8. The van der Waals surface area contributed by atoms with Gasteiger partial charge >= 0.3 is 5.97 Å². The number of amides is 5. The van der Waals surface area contributed by atoms with E-state index in [0.717, 1.165) is 5.56 Å². The third-order valence-electron chi connectivity index (χ3n) is 11.1. The summed E-state index contributed by atoms with van der Waals surface area (Å²) in [7, 11) is 1.27. The largest absolute Gasteiger partial charge is 0.469 e. The predicted octanol–water partition coefficient (Wildman–Crippen LogP) is 3.87. The Kier molecular flexibility index (Phi) is 15.1. The summed E-state index contributed by atoms with van der Waals surface area (Å²) in [6, 6.07) is 3.64. The number of hydrogen-bond acceptors (Lipinski definition) is 10. The lowest BCUT2D eigenvalue weighted by Crippen LogP contribution is -2.63. The van der Waals surface area contributed by atoms with E-state index in [0.29, 0.717) is 18.0 Å². The van der Waals surface area contributed by atoms with Crippen LogP contribution in [0.4, 0.5) is 0 Å². The highest BCUT2D eigenvalue weighted by Gasteiger charge is 2.49. The molecular formula is C43H64N8O7S. The van der Waals surface area contributed by atoms with Crippen molar-refractivity contribution in [3.63, 3.8) is 0 Å². The minimum Gasteiger partial charge on any atom is -0.469 e. The number of nitrogens with zero attached hydrogens (tertiary/aromatic N) is 3. The summed E-state index contributed by atoms with van der Waals surface area (Å²) in [5, 5.41) is 17.5. The van der Waals surface area contributed by atoms with Crippen molar-refractivity contribution in [1.82, 2.24) is 36.5 Å². The summed E-state index contributed by atoms with van der Waals surface area (Å²) in [6.45, 7) is 20.8. The van der Waals surface area contributed by atoms with Crippen LogP contribution < -0.4 is 26.6 Å². The first-order valence-corrected chi connectivity index (χ1v) is 21.2. The molecule has 2 aromatic rings. The standard InChI is InChI=1S/C43H64N8O7S/c1-24(2)30-36(54)50-32(41(4,5)6)35(45-23-28(52)51-20-18-43(10,11)34(51)39(57)47-30)49-33(42(7,8)9)38(56)48-31(25(3)26-16-14-13-15-17-26)37(55)46-27(22-29(53)58-12)40-44-19-21-59-40/h13-17,19,21,24-25,27,30-34H,18,20,22-23H2,1-12H3,(H,45,49)(H,46,55)(H,47,57)(H,48,56)(H,50,54)/t25-,27+,30-,31-,32+,33+,34+/m0/s1. The number of rotatable bonds is 11. The molecule has 5 N–H and O–H groups in total. The lowest BCUT2D eigenvalue weighted by Gasteiger charge is -2.38. The summed E-state index contributed by atoms with van der Waals surface area (Å²) in [6.07, 6.45) is 2.00. The van der Waals surface area contributed by atoms with Crippen molar-refractivity contribution in [3.05, 3.63) is 52.5 Å². The molecule has 2 saturated heterocycles. The van der Waals surface area contributed by atoms with Crippen LogP contribution in [0, 0.1) is 22.2 Å². The molecule has 1 aromatic carbocycles. The molecule has 324 valence electrons. The summed E-state index contributed by atoms with van der Waals surface area (Å²) in [5.41, 5.74) is -1.30. The van der Waals surface area contributed by atoms with Crippen molar-refractivity contribution in [2.24, 2.45) is 27.2 Å². The molecule has 7 atom stereocenters. The van der Waals surface area contributed by atoms with Crippen LogP contribution in [0.15, 0.2) is 46.9 Å². The van der Waals surface area contributed by atoms with Crippen molar-refractivity contribution in [3.8, 4) is 0 Å². The normalized spacial score (nSPS) is 23.0. The van der Waals surface area contributed by atoms with Gasteiger partial charge in [0.15, 0.2) is 0 Å². The Morgan fingerprint density at radius 1 is 0.983 bits per heavy atom. The van der Waals surface area contributed by atoms with E-state index in [-0.39, 0.29) is 36.5 Å². The second kappa shape index (κ2) is 19.0. The Labute approximate surface area is 352 Å². The monoisotopic (exact) mass is 836 g/mol. The van der Waals surface area contributed by atoms with Crippen LogP contribution in [0.5, 0.6) is 0 Å². The number of amidine groups is 1. The maximum Gasteiger partial charge on any atom is 0.308 e. The molecule has 5 amide bonds. The Bertz CT molecular complexity index is 1850. The first-order valence-electron chi connectivity index (χ1n) is 20.3. The molecule has 16 heteroatoms. The highest BCUT2D eigenvalue weighted by molar-refractivity contribution is 7.09. The maximum atomic E-state index is 14.8. The Hall–Kier alpha value is -4.86. The zero-order valence-electron chi connectivity index (χ0n) is 36.6. The van der Waals surface area contributed by atoms with E-state index >= 15 is 0 Å². The van der Waals surface area contributed by atoms with Crippen LogP contribution in [-0.2, 0) is 33.5 Å². The minimum atomic E-state index is -1.14. The third-order valence-corrected chi connectivity index (χ3v) is 12.0. The van der Waals surface area contributed by atoms with Gasteiger partial charge in [0.1, 0.15) is 35.0 Å². The molecule has 4 rings (SSSR count). The fraction of sp³-hybridized carbons (Fsp3) is 0.628. The highest BCUT2D eigenvalue weighted by Crippen LogP contribution is 2.37. The molecular weight excluding hydrogens is 773 g/mol. The van der Waals surface area contributed by atoms with E-state index in [1.165, 1.54) is 18.4 Å². The third kappa shape index (κ3) is 11.7. The Balaban J connectivity index is 1.80. The minimum absolute atomic E-state index is 0.171. The van der Waals surface area contributed by atoms with Gasteiger partial charge in [-0.05, 0) is 34.1 Å². The fourth-order valence-corrected chi connectivity index (χ4v) is 8.24. The van der Waals surface area contributed by atoms with E-state index in [2.05, 4.69) is 31.6 Å². The van der Waals surface area contributed by atoms with Gasteiger partial charge in [-0.3, -0.25) is 33.8 Å². The molecule has 0 radical (unpaired) electrons. The quantitative estimate of drug-likeness (QED) is 0.209. The van der Waals surface area contributed by atoms with Crippen molar-refractivity contribution in [2.45, 2.75) is 131 Å². The molecule has 2 aliphatic rings. The van der Waals surface area contributed by atoms with Gasteiger partial charge in [-0.15, -0.1) is 11.3 Å². The Morgan fingerprint density at radius 2 is 1.64 bits per heavy atom. The van der Waals surface area contributed by atoms with Gasteiger partial charge in [-0.1, -0.05) is 106 Å². The van der Waals surface area contributed by atoms with Gasteiger partial charge in [0.05, 0.1) is 32.2 Å². The van der Waals surface area contributed by atoms with Crippen LogP contribution in [0.1, 0.15) is 112 Å². The number of carbonyl (C=O) groups excluding carboxylic acids is 6. The molecule has 0 unspecified atom stereocenters. The number of hydrogen-bond donors (Lipinski definition) is 5. The number of aromatic nitrogens is 1. The van der Waals surface area contributed by atoms with Gasteiger partial charge < -0.3 is 36.2 Å². The first kappa shape index (κ1) is 46.8. The van der Waals surface area contributed by atoms with Crippen LogP contribution in [0.2, 0.25) is 0 Å². The molecule has 0 bridgehead atoms. The lowest BCUT2D eigenvalue weighted by molar-refractivity contribution is -0.142. The molecule has 0 aliphatic carbocycles. The molecule has 0 spiro atoms.